The van der Waals surface area contributed by atoms with Crippen molar-refractivity contribution in [3.05, 3.63) is 23.7 Å². The lowest BCUT2D eigenvalue weighted by molar-refractivity contribution is -0.274. The largest absolute Gasteiger partial charge is 0.573 e. The first kappa shape index (κ1) is 19.0. The van der Waals surface area contributed by atoms with E-state index in [1.54, 1.807) is 16.5 Å². The fraction of sp³-hybridized carbons (Fsp3) is 0.389. The van der Waals surface area contributed by atoms with Crippen LogP contribution in [0.15, 0.2) is 28.1 Å². The Morgan fingerprint density at radius 1 is 1.27 bits per heavy atom. The van der Waals surface area contributed by atoms with Crippen molar-refractivity contribution in [2.75, 3.05) is 18.0 Å². The molecule has 1 amide bonds. The van der Waals surface area contributed by atoms with Gasteiger partial charge in [0.15, 0.2) is 16.8 Å². The highest BCUT2D eigenvalue weighted by Crippen LogP contribution is 2.40. The summed E-state index contributed by atoms with van der Waals surface area (Å²) in [6.07, 6.45) is -2.81. The predicted molar refractivity (Wildman–Crippen MR) is 101 cm³/mol. The molecule has 2 aliphatic heterocycles. The lowest BCUT2D eigenvalue weighted by Crippen LogP contribution is -2.55. The van der Waals surface area contributed by atoms with Gasteiger partial charge in [0.2, 0.25) is 0 Å². The van der Waals surface area contributed by atoms with Crippen molar-refractivity contribution >= 4 is 34.5 Å². The Bertz CT molecular complexity index is 1090. The fourth-order valence-electron chi connectivity index (χ4n) is 4.21. The van der Waals surface area contributed by atoms with Crippen LogP contribution in [0.3, 0.4) is 0 Å². The summed E-state index contributed by atoms with van der Waals surface area (Å²) < 4.78 is 48.7. The quantitative estimate of drug-likeness (QED) is 0.653. The third-order valence-corrected chi connectivity index (χ3v) is 6.16. The number of alkyl halides is 3. The van der Waals surface area contributed by atoms with Crippen LogP contribution in [-0.2, 0) is 0 Å². The van der Waals surface area contributed by atoms with Gasteiger partial charge in [-0.15, -0.1) is 24.5 Å². The van der Waals surface area contributed by atoms with Gasteiger partial charge in [-0.2, -0.15) is 4.98 Å². The van der Waals surface area contributed by atoms with Gasteiger partial charge in [-0.1, -0.05) is 0 Å². The minimum Gasteiger partial charge on any atom is -0.465 e. The van der Waals surface area contributed by atoms with Crippen LogP contribution in [0.4, 0.5) is 24.0 Å². The molecule has 30 heavy (non-hydrogen) atoms. The van der Waals surface area contributed by atoms with E-state index < -0.39 is 18.2 Å². The van der Waals surface area contributed by atoms with E-state index in [0.717, 1.165) is 12.8 Å². The Morgan fingerprint density at radius 2 is 2.00 bits per heavy atom. The van der Waals surface area contributed by atoms with Crippen molar-refractivity contribution in [2.24, 2.45) is 0 Å². The zero-order valence-corrected chi connectivity index (χ0v) is 16.1. The topological polar surface area (TPSA) is 91.9 Å². The lowest BCUT2D eigenvalue weighted by Gasteiger charge is -2.38. The Balaban J connectivity index is 1.56. The third kappa shape index (κ3) is 3.20. The minimum absolute atomic E-state index is 0.0527. The average molecular weight is 440 g/mol. The molecule has 8 nitrogen and oxygen atoms in total. The minimum atomic E-state index is -4.87. The van der Waals surface area contributed by atoms with E-state index in [2.05, 4.69) is 14.7 Å². The SMILES string of the molecule is O=C(O)N1C2CCC1CN(c1nc3c(OC(F)(F)F)ccc(-c4nccs4)c3o1)C2. The van der Waals surface area contributed by atoms with Crippen LogP contribution in [0.1, 0.15) is 12.8 Å². The van der Waals surface area contributed by atoms with Gasteiger partial charge in [0.1, 0.15) is 5.01 Å². The molecule has 5 rings (SSSR count). The van der Waals surface area contributed by atoms with Gasteiger partial charge in [0.05, 0.1) is 17.6 Å². The number of fused-ring (bicyclic) bond motifs is 3. The van der Waals surface area contributed by atoms with Crippen LogP contribution in [0, 0.1) is 0 Å². The highest BCUT2D eigenvalue weighted by atomic mass is 32.1. The van der Waals surface area contributed by atoms with Gasteiger partial charge in [-0.05, 0) is 25.0 Å². The molecule has 4 heterocycles. The molecule has 2 atom stereocenters. The standard InChI is InChI=1S/C18H15F3N4O4S/c19-18(20,21)29-12-4-3-11(15-22-5-6-30-15)14-13(12)23-16(28-14)24-7-9-1-2-10(8-24)25(9)17(26)27/h3-6,9-10H,1-2,7-8H2,(H,26,27). The molecular weight excluding hydrogens is 425 g/mol. The molecule has 2 unspecified atom stereocenters. The summed E-state index contributed by atoms with van der Waals surface area (Å²) in [5, 5.41) is 11.7. The zero-order valence-electron chi connectivity index (χ0n) is 15.3. The number of benzene rings is 1. The van der Waals surface area contributed by atoms with E-state index in [4.69, 9.17) is 4.42 Å². The number of nitrogens with zero attached hydrogens (tertiary/aromatic N) is 4. The van der Waals surface area contributed by atoms with Crippen LogP contribution in [0.25, 0.3) is 21.7 Å². The van der Waals surface area contributed by atoms with E-state index in [1.165, 1.54) is 28.4 Å². The number of ether oxygens (including phenoxy) is 1. The third-order valence-electron chi connectivity index (χ3n) is 5.36. The van der Waals surface area contributed by atoms with E-state index in [0.29, 0.717) is 23.7 Å². The maximum absolute atomic E-state index is 12.9. The summed E-state index contributed by atoms with van der Waals surface area (Å²) in [6.45, 7) is 0.718. The van der Waals surface area contributed by atoms with Crippen molar-refractivity contribution < 1.29 is 32.2 Å². The van der Waals surface area contributed by atoms with Gasteiger partial charge in [0, 0.05) is 24.7 Å². The van der Waals surface area contributed by atoms with Crippen LogP contribution in [-0.4, -0.2) is 57.6 Å². The number of rotatable bonds is 3. The second kappa shape index (κ2) is 6.76. The number of carbonyl (C=O) groups is 1. The molecule has 2 aromatic heterocycles. The van der Waals surface area contributed by atoms with Crippen LogP contribution in [0.5, 0.6) is 5.75 Å². The number of oxazole rings is 1. The molecule has 1 N–H and O–H groups in total. The number of thiazole rings is 1. The number of amides is 1. The van der Waals surface area contributed by atoms with E-state index in [1.807, 2.05) is 0 Å². The molecule has 1 aromatic carbocycles. The second-order valence-electron chi connectivity index (χ2n) is 7.15. The summed E-state index contributed by atoms with van der Waals surface area (Å²) in [5.74, 6) is -0.458. The lowest BCUT2D eigenvalue weighted by atomic mass is 10.2. The van der Waals surface area contributed by atoms with E-state index in [-0.39, 0.29) is 29.2 Å². The van der Waals surface area contributed by atoms with E-state index >= 15 is 0 Å². The molecule has 2 aliphatic rings. The molecule has 0 aliphatic carbocycles. The summed E-state index contributed by atoms with van der Waals surface area (Å²) in [4.78, 5) is 23.2. The first-order valence-corrected chi connectivity index (χ1v) is 10.0. The zero-order chi connectivity index (χ0) is 21.0. The van der Waals surface area contributed by atoms with Gasteiger partial charge in [-0.3, -0.25) is 4.90 Å². The summed E-state index contributed by atoms with van der Waals surface area (Å²) >= 11 is 1.32. The number of carboxylic acid groups (broad SMARTS) is 1. The van der Waals surface area contributed by atoms with Crippen LogP contribution in [0.2, 0.25) is 0 Å². The van der Waals surface area contributed by atoms with Crippen molar-refractivity contribution in [3.63, 3.8) is 0 Å². The molecule has 158 valence electrons. The maximum Gasteiger partial charge on any atom is 0.573 e. The Labute approximate surface area is 171 Å². The van der Waals surface area contributed by atoms with Crippen molar-refractivity contribution in [1.29, 1.82) is 0 Å². The van der Waals surface area contributed by atoms with Crippen LogP contribution < -0.4 is 9.64 Å². The number of hydrogen-bond acceptors (Lipinski definition) is 7. The van der Waals surface area contributed by atoms with Gasteiger partial charge in [-0.25, -0.2) is 9.78 Å². The van der Waals surface area contributed by atoms with Gasteiger partial charge in [0.25, 0.3) is 6.01 Å². The second-order valence-corrected chi connectivity index (χ2v) is 8.04. The molecule has 3 aromatic rings. The van der Waals surface area contributed by atoms with Crippen molar-refractivity contribution in [1.82, 2.24) is 14.9 Å². The molecule has 0 radical (unpaired) electrons. The van der Waals surface area contributed by atoms with Crippen LogP contribution >= 0.6 is 11.3 Å². The molecule has 2 saturated heterocycles. The number of hydrogen-bond donors (Lipinski definition) is 1. The molecule has 0 saturated carbocycles. The molecule has 12 heteroatoms. The van der Waals surface area contributed by atoms with Gasteiger partial charge >= 0.3 is 12.5 Å². The summed E-state index contributed by atoms with van der Waals surface area (Å²) in [6, 6.07) is 2.39. The normalized spacial score (nSPS) is 21.4. The summed E-state index contributed by atoms with van der Waals surface area (Å²) in [5.41, 5.74) is 0.609. The molecule has 0 spiro atoms. The predicted octanol–water partition coefficient (Wildman–Crippen LogP) is 4.18. The number of piperazine rings is 1. The highest BCUT2D eigenvalue weighted by Gasteiger charge is 2.44. The Morgan fingerprint density at radius 3 is 2.60 bits per heavy atom. The van der Waals surface area contributed by atoms with Crippen molar-refractivity contribution in [2.45, 2.75) is 31.3 Å². The smallest absolute Gasteiger partial charge is 0.465 e. The highest BCUT2D eigenvalue weighted by molar-refractivity contribution is 7.13. The number of anilines is 1. The first-order valence-electron chi connectivity index (χ1n) is 9.15. The Hall–Kier alpha value is -3.02. The molecular formula is C18H15F3N4O4S. The first-order chi connectivity index (χ1) is 14.3. The fourth-order valence-corrected chi connectivity index (χ4v) is 4.87. The maximum atomic E-state index is 12.9. The summed E-state index contributed by atoms with van der Waals surface area (Å²) in [7, 11) is 0. The Kier molecular flexibility index (Phi) is 4.27. The average Bonchev–Trinajstić information content (AvgIpc) is 3.39. The van der Waals surface area contributed by atoms with Gasteiger partial charge < -0.3 is 19.2 Å². The molecule has 2 fully saturated rings. The van der Waals surface area contributed by atoms with Crippen molar-refractivity contribution in [3.8, 4) is 16.3 Å². The molecule has 2 bridgehead atoms. The monoisotopic (exact) mass is 440 g/mol. The van der Waals surface area contributed by atoms with E-state index in [9.17, 15) is 23.1 Å². The number of halogens is 3. The number of aromatic nitrogens is 2.